The van der Waals surface area contributed by atoms with E-state index >= 15 is 0 Å². The van der Waals surface area contributed by atoms with Crippen LogP contribution in [0.25, 0.3) is 0 Å². The number of hydrogen-bond donors (Lipinski definition) is 2. The first-order valence-electron chi connectivity index (χ1n) is 9.07. The molecule has 1 aliphatic rings. The van der Waals surface area contributed by atoms with E-state index in [4.69, 9.17) is 4.74 Å². The van der Waals surface area contributed by atoms with Crippen molar-refractivity contribution in [2.45, 2.75) is 39.2 Å². The van der Waals surface area contributed by atoms with Crippen molar-refractivity contribution in [2.75, 3.05) is 13.2 Å². The number of rotatable bonds is 8. The normalized spacial score (nSPS) is 13.4. The topological polar surface area (TPSA) is 122 Å². The number of imide groups is 2. The highest BCUT2D eigenvalue weighted by Gasteiger charge is 2.28. The SMILES string of the molecule is CCCCNC(=O)NC(=O)COC(=O)c1ccc(CN2C(=O)CCC2=O)cc1. The van der Waals surface area contributed by atoms with Crippen molar-refractivity contribution < 1.29 is 28.7 Å². The molecule has 1 saturated heterocycles. The Kier molecular flexibility index (Phi) is 7.67. The summed E-state index contributed by atoms with van der Waals surface area (Å²) in [5.74, 6) is -1.87. The number of unbranched alkanes of at least 4 members (excludes halogenated alkanes) is 1. The summed E-state index contributed by atoms with van der Waals surface area (Å²) in [6, 6.07) is 5.55. The smallest absolute Gasteiger partial charge is 0.338 e. The molecule has 150 valence electrons. The molecule has 0 aliphatic carbocycles. The van der Waals surface area contributed by atoms with Crippen LogP contribution in [-0.4, -0.2) is 47.8 Å². The zero-order valence-electron chi connectivity index (χ0n) is 15.7. The van der Waals surface area contributed by atoms with Gasteiger partial charge in [0.15, 0.2) is 6.61 Å². The summed E-state index contributed by atoms with van der Waals surface area (Å²) in [4.78, 5) is 59.5. The average molecular weight is 389 g/mol. The van der Waals surface area contributed by atoms with Gasteiger partial charge in [0.05, 0.1) is 12.1 Å². The highest BCUT2D eigenvalue weighted by Crippen LogP contribution is 2.16. The van der Waals surface area contributed by atoms with Gasteiger partial charge in [0.25, 0.3) is 5.91 Å². The third-order valence-corrected chi connectivity index (χ3v) is 4.09. The fraction of sp³-hybridized carbons (Fsp3) is 0.421. The number of esters is 1. The molecular formula is C19H23N3O6. The van der Waals surface area contributed by atoms with E-state index in [-0.39, 0.29) is 36.8 Å². The van der Waals surface area contributed by atoms with E-state index < -0.39 is 24.5 Å². The lowest BCUT2D eigenvalue weighted by Crippen LogP contribution is -2.41. The number of nitrogens with zero attached hydrogens (tertiary/aromatic N) is 1. The third-order valence-electron chi connectivity index (χ3n) is 4.09. The third kappa shape index (κ3) is 6.19. The molecular weight excluding hydrogens is 366 g/mol. The molecule has 0 unspecified atom stereocenters. The standard InChI is InChI=1S/C19H23N3O6/c1-2-3-10-20-19(27)21-15(23)12-28-18(26)14-6-4-13(5-7-14)11-22-16(24)8-9-17(22)25/h4-7H,2-3,8-12H2,1H3,(H2,20,21,23,27). The van der Waals surface area contributed by atoms with E-state index in [0.29, 0.717) is 12.1 Å². The fourth-order valence-corrected chi connectivity index (χ4v) is 2.53. The molecule has 9 nitrogen and oxygen atoms in total. The summed E-state index contributed by atoms with van der Waals surface area (Å²) in [6.07, 6.45) is 2.16. The van der Waals surface area contributed by atoms with E-state index in [1.54, 1.807) is 12.1 Å². The molecule has 1 aromatic carbocycles. The largest absolute Gasteiger partial charge is 0.452 e. The molecule has 2 N–H and O–H groups in total. The van der Waals surface area contributed by atoms with E-state index in [1.807, 2.05) is 6.92 Å². The van der Waals surface area contributed by atoms with Crippen LogP contribution in [0.3, 0.4) is 0 Å². The molecule has 1 aliphatic heterocycles. The number of benzene rings is 1. The quantitative estimate of drug-likeness (QED) is 0.390. The lowest BCUT2D eigenvalue weighted by Gasteiger charge is -2.13. The summed E-state index contributed by atoms with van der Waals surface area (Å²) in [7, 11) is 0. The highest BCUT2D eigenvalue weighted by molar-refractivity contribution is 6.01. The summed E-state index contributed by atoms with van der Waals surface area (Å²) in [5, 5.41) is 4.58. The highest BCUT2D eigenvalue weighted by atomic mass is 16.5. The Morgan fingerprint density at radius 2 is 1.71 bits per heavy atom. The molecule has 1 heterocycles. The van der Waals surface area contributed by atoms with Gasteiger partial charge in [-0.25, -0.2) is 9.59 Å². The predicted octanol–water partition coefficient (Wildman–Crippen LogP) is 1.12. The van der Waals surface area contributed by atoms with Crippen LogP contribution in [0.5, 0.6) is 0 Å². The number of nitrogens with one attached hydrogen (secondary N) is 2. The molecule has 0 radical (unpaired) electrons. The minimum Gasteiger partial charge on any atom is -0.452 e. The first-order valence-corrected chi connectivity index (χ1v) is 9.07. The first-order chi connectivity index (χ1) is 13.4. The lowest BCUT2D eigenvalue weighted by molar-refractivity contribution is -0.139. The summed E-state index contributed by atoms with van der Waals surface area (Å²) < 4.78 is 4.87. The van der Waals surface area contributed by atoms with Crippen molar-refractivity contribution >= 4 is 29.7 Å². The zero-order valence-corrected chi connectivity index (χ0v) is 15.7. The van der Waals surface area contributed by atoms with E-state index in [2.05, 4.69) is 10.6 Å². The van der Waals surface area contributed by atoms with E-state index in [1.165, 1.54) is 17.0 Å². The number of hydrogen-bond acceptors (Lipinski definition) is 6. The van der Waals surface area contributed by atoms with Crippen molar-refractivity contribution in [1.82, 2.24) is 15.5 Å². The summed E-state index contributed by atoms with van der Waals surface area (Å²) >= 11 is 0. The van der Waals surface area contributed by atoms with Gasteiger partial charge in [-0.3, -0.25) is 24.6 Å². The second kappa shape index (κ2) is 10.2. The average Bonchev–Trinajstić information content (AvgIpc) is 2.99. The molecule has 0 aromatic heterocycles. The Morgan fingerprint density at radius 3 is 2.32 bits per heavy atom. The molecule has 2 rings (SSSR count). The number of likely N-dealkylation sites (tertiary alicyclic amines) is 1. The van der Waals surface area contributed by atoms with E-state index in [9.17, 15) is 24.0 Å². The van der Waals surface area contributed by atoms with Gasteiger partial charge in [0, 0.05) is 19.4 Å². The van der Waals surface area contributed by atoms with Gasteiger partial charge < -0.3 is 10.1 Å². The lowest BCUT2D eigenvalue weighted by atomic mass is 10.1. The molecule has 0 spiro atoms. The van der Waals surface area contributed by atoms with Crippen molar-refractivity contribution in [3.63, 3.8) is 0 Å². The molecule has 5 amide bonds. The van der Waals surface area contributed by atoms with Crippen molar-refractivity contribution in [3.05, 3.63) is 35.4 Å². The van der Waals surface area contributed by atoms with Gasteiger partial charge in [0.2, 0.25) is 11.8 Å². The maximum atomic E-state index is 12.0. The minimum atomic E-state index is -0.731. The minimum absolute atomic E-state index is 0.155. The van der Waals surface area contributed by atoms with Gasteiger partial charge in [0.1, 0.15) is 0 Å². The van der Waals surface area contributed by atoms with Gasteiger partial charge in [-0.1, -0.05) is 25.5 Å². The first kappa shape index (κ1) is 21.1. The second-order valence-electron chi connectivity index (χ2n) is 6.30. The molecule has 0 saturated carbocycles. The number of carbonyl (C=O) groups excluding carboxylic acids is 5. The summed E-state index contributed by atoms with van der Waals surface area (Å²) in [5.41, 5.74) is 0.907. The predicted molar refractivity (Wildman–Crippen MR) is 98.0 cm³/mol. The van der Waals surface area contributed by atoms with Crippen LogP contribution < -0.4 is 10.6 Å². The molecule has 0 atom stereocenters. The molecule has 1 aromatic rings. The monoisotopic (exact) mass is 389 g/mol. The Balaban J connectivity index is 1.78. The van der Waals surface area contributed by atoms with Crippen molar-refractivity contribution in [2.24, 2.45) is 0 Å². The van der Waals surface area contributed by atoms with Crippen LogP contribution in [0.2, 0.25) is 0 Å². The second-order valence-corrected chi connectivity index (χ2v) is 6.30. The Morgan fingerprint density at radius 1 is 1.07 bits per heavy atom. The number of urea groups is 1. The number of amides is 5. The van der Waals surface area contributed by atoms with Crippen LogP contribution in [0.15, 0.2) is 24.3 Å². The maximum absolute atomic E-state index is 12.0. The fourth-order valence-electron chi connectivity index (χ4n) is 2.53. The summed E-state index contributed by atoms with van der Waals surface area (Å²) in [6.45, 7) is 2.00. The van der Waals surface area contributed by atoms with Gasteiger partial charge >= 0.3 is 12.0 Å². The van der Waals surface area contributed by atoms with Crippen LogP contribution in [0.4, 0.5) is 4.79 Å². The van der Waals surface area contributed by atoms with Gasteiger partial charge in [-0.15, -0.1) is 0 Å². The Bertz CT molecular complexity index is 743. The van der Waals surface area contributed by atoms with Crippen LogP contribution in [-0.2, 0) is 25.7 Å². The Hall–Kier alpha value is -3.23. The van der Waals surface area contributed by atoms with Crippen LogP contribution in [0.1, 0.15) is 48.5 Å². The van der Waals surface area contributed by atoms with Gasteiger partial charge in [-0.05, 0) is 24.1 Å². The molecule has 0 bridgehead atoms. The molecule has 9 heteroatoms. The zero-order chi connectivity index (χ0) is 20.5. The van der Waals surface area contributed by atoms with Crippen LogP contribution in [0, 0.1) is 0 Å². The van der Waals surface area contributed by atoms with Crippen molar-refractivity contribution in [1.29, 1.82) is 0 Å². The molecule has 1 fully saturated rings. The van der Waals surface area contributed by atoms with Gasteiger partial charge in [-0.2, -0.15) is 0 Å². The van der Waals surface area contributed by atoms with Crippen LogP contribution >= 0.6 is 0 Å². The van der Waals surface area contributed by atoms with Crippen molar-refractivity contribution in [3.8, 4) is 0 Å². The number of carbonyl (C=O) groups is 5. The molecule has 28 heavy (non-hydrogen) atoms. The number of ether oxygens (including phenoxy) is 1. The van der Waals surface area contributed by atoms with E-state index in [0.717, 1.165) is 12.8 Å². The maximum Gasteiger partial charge on any atom is 0.338 e. The Labute approximate surface area is 162 Å².